The topological polar surface area (TPSA) is 121 Å². The summed E-state index contributed by atoms with van der Waals surface area (Å²) in [6, 6.07) is 12.4. The van der Waals surface area contributed by atoms with Crippen molar-refractivity contribution in [3.8, 4) is 45.4 Å². The molecule has 1 saturated heterocycles. The number of aromatic amines is 2. The number of nitrogens with one attached hydrogen (secondary N) is 2. The van der Waals surface area contributed by atoms with Crippen LogP contribution >= 0.6 is 0 Å². The quantitative estimate of drug-likeness (QED) is 0.205. The maximum atomic E-state index is 14.8. The molecule has 6 aromatic rings. The van der Waals surface area contributed by atoms with E-state index in [1.54, 1.807) is 18.6 Å². The van der Waals surface area contributed by atoms with Gasteiger partial charge >= 0.3 is 0 Å². The van der Waals surface area contributed by atoms with E-state index in [1.807, 2.05) is 44.4 Å². The molecule has 230 valence electrons. The maximum Gasteiger partial charge on any atom is 0.178 e. The zero-order valence-electron chi connectivity index (χ0n) is 25.3. The molecule has 45 heavy (non-hydrogen) atoms. The Morgan fingerprint density at radius 3 is 2.64 bits per heavy atom. The first-order valence-electron chi connectivity index (χ1n) is 15.1. The minimum absolute atomic E-state index is 0.370. The normalized spacial score (nSPS) is 13.8. The fraction of sp³-hybridized carbons (Fsp3) is 0.303. The Hall–Kier alpha value is -4.94. The second-order valence-electron chi connectivity index (χ2n) is 11.4. The number of hydrogen-bond donors (Lipinski definition) is 2. The average Bonchev–Trinajstić information content (AvgIpc) is 3.80. The molecule has 6 heterocycles. The second-order valence-corrected chi connectivity index (χ2v) is 11.4. The van der Waals surface area contributed by atoms with Gasteiger partial charge in [-0.3, -0.25) is 15.0 Å². The predicted octanol–water partition coefficient (Wildman–Crippen LogP) is 5.18. The molecule has 0 aliphatic carbocycles. The first-order valence-corrected chi connectivity index (χ1v) is 15.1. The second kappa shape index (κ2) is 12.6. The van der Waals surface area contributed by atoms with Gasteiger partial charge in [-0.2, -0.15) is 5.10 Å². The fourth-order valence-corrected chi connectivity index (χ4v) is 5.57. The predicted molar refractivity (Wildman–Crippen MR) is 171 cm³/mol. The Kier molecular flexibility index (Phi) is 8.05. The summed E-state index contributed by atoms with van der Waals surface area (Å²) in [4.78, 5) is 26.3. The Bertz CT molecular complexity index is 1950. The molecular formula is C33H34FN9O2. The zero-order valence-corrected chi connectivity index (χ0v) is 25.3. The van der Waals surface area contributed by atoms with E-state index < -0.39 is 0 Å². The van der Waals surface area contributed by atoms with Crippen LogP contribution in [0.5, 0.6) is 11.5 Å². The Morgan fingerprint density at radius 2 is 1.78 bits per heavy atom. The molecule has 5 aromatic heterocycles. The SMILES string of the molecule is CN(C)CCOc1cncc(-c2ccc3[nH]nc(-c4nc5nccc(-c6cc(F)cc(OCCN7CCCC7)c6)c5[nH]4)c3n2)c1. The van der Waals surface area contributed by atoms with Crippen LogP contribution in [0.2, 0.25) is 0 Å². The van der Waals surface area contributed by atoms with Crippen molar-refractivity contribution in [3.05, 3.63) is 66.9 Å². The highest BCUT2D eigenvalue weighted by molar-refractivity contribution is 5.95. The van der Waals surface area contributed by atoms with Crippen LogP contribution in [0.4, 0.5) is 4.39 Å². The van der Waals surface area contributed by atoms with Gasteiger partial charge in [0.15, 0.2) is 17.2 Å². The van der Waals surface area contributed by atoms with Gasteiger partial charge in [0.25, 0.3) is 0 Å². The van der Waals surface area contributed by atoms with E-state index in [4.69, 9.17) is 19.4 Å². The molecule has 7 rings (SSSR count). The molecular weight excluding hydrogens is 573 g/mol. The van der Waals surface area contributed by atoms with Crippen molar-refractivity contribution in [1.29, 1.82) is 0 Å². The van der Waals surface area contributed by atoms with Crippen LogP contribution in [0.1, 0.15) is 12.8 Å². The number of H-pyrrole nitrogens is 2. The molecule has 1 aliphatic rings. The largest absolute Gasteiger partial charge is 0.492 e. The van der Waals surface area contributed by atoms with Gasteiger partial charge in [-0.25, -0.2) is 19.3 Å². The van der Waals surface area contributed by atoms with Crippen molar-refractivity contribution in [2.75, 3.05) is 53.5 Å². The van der Waals surface area contributed by atoms with E-state index in [9.17, 15) is 4.39 Å². The average molecular weight is 608 g/mol. The van der Waals surface area contributed by atoms with E-state index in [1.165, 1.54) is 25.0 Å². The van der Waals surface area contributed by atoms with Crippen LogP contribution in [0.3, 0.4) is 0 Å². The summed E-state index contributed by atoms with van der Waals surface area (Å²) in [6.45, 7) is 4.87. The summed E-state index contributed by atoms with van der Waals surface area (Å²) >= 11 is 0. The smallest absolute Gasteiger partial charge is 0.178 e. The van der Waals surface area contributed by atoms with Crippen molar-refractivity contribution in [2.24, 2.45) is 0 Å². The first-order chi connectivity index (χ1) is 22.0. The molecule has 0 atom stereocenters. The van der Waals surface area contributed by atoms with Crippen LogP contribution < -0.4 is 9.47 Å². The zero-order chi connectivity index (χ0) is 30.8. The summed E-state index contributed by atoms with van der Waals surface area (Å²) < 4.78 is 26.6. The van der Waals surface area contributed by atoms with Crippen LogP contribution in [-0.4, -0.2) is 98.4 Å². The first kappa shape index (κ1) is 28.8. The number of ether oxygens (including phenoxy) is 2. The van der Waals surface area contributed by atoms with Crippen molar-refractivity contribution in [1.82, 2.24) is 44.9 Å². The molecule has 0 spiro atoms. The number of likely N-dealkylation sites (N-methyl/N-ethyl adjacent to an activating group) is 1. The molecule has 1 aliphatic heterocycles. The third-order valence-corrected chi connectivity index (χ3v) is 7.90. The molecule has 12 heteroatoms. The number of fused-ring (bicyclic) bond motifs is 2. The van der Waals surface area contributed by atoms with Gasteiger partial charge in [-0.05, 0) is 82.0 Å². The standard InChI is InChI=1S/C33H34FN9O2/c1-42(2)11-13-45-25-17-22(19-35-20-25)27-5-6-28-30(37-27)31(41-40-28)33-38-29-26(7-8-36-32(29)39-33)21-15-23(34)18-24(16-21)44-14-12-43-9-3-4-10-43/h5-8,15-20H,3-4,9-14H2,1-2H3,(H,40,41)(H,36,38,39). The molecule has 0 unspecified atom stereocenters. The molecule has 1 aromatic carbocycles. The van der Waals surface area contributed by atoms with Crippen LogP contribution in [0.25, 0.3) is 56.1 Å². The van der Waals surface area contributed by atoms with E-state index in [0.29, 0.717) is 58.5 Å². The summed E-state index contributed by atoms with van der Waals surface area (Å²) in [5.74, 6) is 1.30. The van der Waals surface area contributed by atoms with Crippen molar-refractivity contribution >= 4 is 22.2 Å². The van der Waals surface area contributed by atoms with Crippen molar-refractivity contribution < 1.29 is 13.9 Å². The number of pyridine rings is 3. The molecule has 0 radical (unpaired) electrons. The minimum Gasteiger partial charge on any atom is -0.492 e. The highest BCUT2D eigenvalue weighted by Crippen LogP contribution is 2.33. The number of benzene rings is 1. The van der Waals surface area contributed by atoms with Crippen LogP contribution in [-0.2, 0) is 0 Å². The highest BCUT2D eigenvalue weighted by Gasteiger charge is 2.18. The van der Waals surface area contributed by atoms with Gasteiger partial charge in [-0.1, -0.05) is 0 Å². The number of rotatable bonds is 11. The Labute approximate surface area is 259 Å². The lowest BCUT2D eigenvalue weighted by Gasteiger charge is -2.15. The van der Waals surface area contributed by atoms with E-state index >= 15 is 0 Å². The van der Waals surface area contributed by atoms with Crippen LogP contribution in [0.15, 0.2) is 61.1 Å². The summed E-state index contributed by atoms with van der Waals surface area (Å²) in [5, 5.41) is 7.58. The summed E-state index contributed by atoms with van der Waals surface area (Å²) in [5.41, 5.74) is 6.08. The molecule has 2 N–H and O–H groups in total. The number of nitrogens with zero attached hydrogens (tertiary/aromatic N) is 7. The van der Waals surface area contributed by atoms with Gasteiger partial charge < -0.3 is 19.4 Å². The molecule has 11 nitrogen and oxygen atoms in total. The Morgan fingerprint density at radius 1 is 0.933 bits per heavy atom. The van der Waals surface area contributed by atoms with Gasteiger partial charge in [-0.15, -0.1) is 0 Å². The monoisotopic (exact) mass is 607 g/mol. The van der Waals surface area contributed by atoms with E-state index in [2.05, 4.69) is 34.9 Å². The number of imidazole rings is 1. The number of hydrogen-bond acceptors (Lipinski definition) is 9. The van der Waals surface area contributed by atoms with Crippen molar-refractivity contribution in [3.63, 3.8) is 0 Å². The van der Waals surface area contributed by atoms with Gasteiger partial charge in [0.05, 0.1) is 22.9 Å². The maximum absolute atomic E-state index is 14.8. The molecule has 0 saturated carbocycles. The lowest BCUT2D eigenvalue weighted by Crippen LogP contribution is -2.25. The number of halogens is 1. The third kappa shape index (κ3) is 6.33. The number of aromatic nitrogens is 7. The lowest BCUT2D eigenvalue weighted by atomic mass is 10.1. The van der Waals surface area contributed by atoms with E-state index in [-0.39, 0.29) is 5.82 Å². The Balaban J connectivity index is 1.18. The molecule has 0 amide bonds. The van der Waals surface area contributed by atoms with Gasteiger partial charge in [0.2, 0.25) is 0 Å². The van der Waals surface area contributed by atoms with Crippen molar-refractivity contribution in [2.45, 2.75) is 12.8 Å². The van der Waals surface area contributed by atoms with Gasteiger partial charge in [0.1, 0.15) is 36.0 Å². The fourth-order valence-electron chi connectivity index (χ4n) is 5.57. The summed E-state index contributed by atoms with van der Waals surface area (Å²) in [7, 11) is 4.01. The van der Waals surface area contributed by atoms with Gasteiger partial charge in [0, 0.05) is 42.7 Å². The third-order valence-electron chi connectivity index (χ3n) is 7.90. The molecule has 0 bridgehead atoms. The molecule has 1 fully saturated rings. The lowest BCUT2D eigenvalue weighted by molar-refractivity contribution is 0.237. The van der Waals surface area contributed by atoms with E-state index in [0.717, 1.165) is 48.5 Å². The number of likely N-dealkylation sites (tertiary alicyclic amines) is 1. The van der Waals surface area contributed by atoms with Crippen LogP contribution in [0, 0.1) is 5.82 Å². The minimum atomic E-state index is -0.370. The highest BCUT2D eigenvalue weighted by atomic mass is 19.1. The summed E-state index contributed by atoms with van der Waals surface area (Å²) in [6.07, 6.45) is 7.56.